The van der Waals surface area contributed by atoms with Gasteiger partial charge in [0.2, 0.25) is 5.91 Å². The van der Waals surface area contributed by atoms with Gasteiger partial charge in [-0.25, -0.2) is 0 Å². The zero-order chi connectivity index (χ0) is 21.8. The molecule has 0 bridgehead atoms. The number of thioether (sulfide) groups is 1. The van der Waals surface area contributed by atoms with E-state index in [9.17, 15) is 4.79 Å². The second-order valence-electron chi connectivity index (χ2n) is 6.92. The summed E-state index contributed by atoms with van der Waals surface area (Å²) in [5.74, 6) is 0.608. The van der Waals surface area contributed by atoms with Crippen LogP contribution in [0.15, 0.2) is 82.7 Å². The maximum Gasteiger partial charge on any atom is 0.237 e. The van der Waals surface area contributed by atoms with Crippen LogP contribution in [-0.4, -0.2) is 30.9 Å². The number of halogens is 1. The van der Waals surface area contributed by atoms with Crippen molar-refractivity contribution >= 4 is 39.3 Å². The lowest BCUT2D eigenvalue weighted by atomic mass is 10.2. The fourth-order valence-corrected chi connectivity index (χ4v) is 4.18. The lowest BCUT2D eigenvalue weighted by Gasteiger charge is -2.15. The van der Waals surface area contributed by atoms with E-state index in [1.807, 2.05) is 79.1 Å². The van der Waals surface area contributed by atoms with E-state index in [2.05, 4.69) is 36.4 Å². The highest BCUT2D eigenvalue weighted by Gasteiger charge is 2.22. The van der Waals surface area contributed by atoms with Crippen molar-refractivity contribution in [2.45, 2.75) is 24.3 Å². The molecule has 0 aliphatic carbocycles. The fraction of sp³-hybridized carbons (Fsp3) is 0.130. The number of anilines is 1. The number of pyridine rings is 1. The minimum absolute atomic E-state index is 0.0999. The van der Waals surface area contributed by atoms with Crippen LogP contribution in [0.3, 0.4) is 0 Å². The molecular weight excluding hydrogens is 474 g/mol. The summed E-state index contributed by atoms with van der Waals surface area (Å²) in [4.78, 5) is 16.9. The Hall–Kier alpha value is -2.97. The molecule has 4 rings (SSSR count). The molecule has 1 atom stereocenters. The van der Waals surface area contributed by atoms with E-state index in [1.54, 1.807) is 12.4 Å². The highest BCUT2D eigenvalue weighted by Crippen LogP contribution is 2.31. The molecule has 0 aliphatic heterocycles. The Morgan fingerprint density at radius 3 is 2.45 bits per heavy atom. The average molecular weight is 494 g/mol. The summed E-state index contributed by atoms with van der Waals surface area (Å²) in [6.45, 7) is 3.91. The molecule has 4 aromatic rings. The molecule has 1 amide bonds. The van der Waals surface area contributed by atoms with Crippen LogP contribution in [0.2, 0.25) is 0 Å². The highest BCUT2D eigenvalue weighted by molar-refractivity contribution is 9.10. The van der Waals surface area contributed by atoms with Crippen LogP contribution < -0.4 is 5.32 Å². The van der Waals surface area contributed by atoms with Gasteiger partial charge in [-0.3, -0.25) is 14.3 Å². The maximum absolute atomic E-state index is 12.8. The molecule has 8 heteroatoms. The first-order valence-electron chi connectivity index (χ1n) is 9.68. The number of aryl methyl sites for hydroxylation is 1. The predicted octanol–water partition coefficient (Wildman–Crippen LogP) is 5.52. The Morgan fingerprint density at radius 1 is 1.03 bits per heavy atom. The molecule has 0 aliphatic rings. The van der Waals surface area contributed by atoms with E-state index in [0.717, 1.165) is 27.0 Å². The van der Waals surface area contributed by atoms with Crippen molar-refractivity contribution in [3.05, 3.63) is 83.1 Å². The molecule has 2 aromatic heterocycles. The van der Waals surface area contributed by atoms with E-state index < -0.39 is 0 Å². The minimum Gasteiger partial charge on any atom is -0.325 e. The van der Waals surface area contributed by atoms with Gasteiger partial charge in [-0.2, -0.15) is 0 Å². The normalized spacial score (nSPS) is 11.8. The summed E-state index contributed by atoms with van der Waals surface area (Å²) >= 11 is 4.78. The topological polar surface area (TPSA) is 72.7 Å². The van der Waals surface area contributed by atoms with Crippen molar-refractivity contribution in [3.63, 3.8) is 0 Å². The Labute approximate surface area is 193 Å². The molecule has 1 N–H and O–H groups in total. The molecule has 0 saturated carbocycles. The van der Waals surface area contributed by atoms with Crippen molar-refractivity contribution in [2.24, 2.45) is 0 Å². The Morgan fingerprint density at radius 2 is 1.74 bits per heavy atom. The quantitative estimate of drug-likeness (QED) is 0.358. The van der Waals surface area contributed by atoms with Gasteiger partial charge in [-0.15, -0.1) is 10.2 Å². The molecule has 2 heterocycles. The number of carbonyl (C=O) groups excluding carboxylic acids is 1. The van der Waals surface area contributed by atoms with Crippen molar-refractivity contribution in [2.75, 3.05) is 5.32 Å². The fourth-order valence-electron chi connectivity index (χ4n) is 3.05. The first kappa shape index (κ1) is 21.3. The average Bonchev–Trinajstić information content (AvgIpc) is 3.19. The molecule has 0 radical (unpaired) electrons. The van der Waals surface area contributed by atoms with E-state index in [4.69, 9.17) is 0 Å². The largest absolute Gasteiger partial charge is 0.325 e. The molecule has 156 valence electrons. The Kier molecular flexibility index (Phi) is 6.48. The summed E-state index contributed by atoms with van der Waals surface area (Å²) in [6, 6.07) is 19.4. The smallest absolute Gasteiger partial charge is 0.237 e. The third kappa shape index (κ3) is 4.86. The summed E-state index contributed by atoms with van der Waals surface area (Å²) in [7, 11) is 0. The number of carbonyl (C=O) groups is 1. The molecule has 0 spiro atoms. The number of hydrogen-bond donors (Lipinski definition) is 1. The molecule has 6 nitrogen and oxygen atoms in total. The number of amides is 1. The zero-order valence-corrected chi connectivity index (χ0v) is 19.4. The van der Waals surface area contributed by atoms with Crippen molar-refractivity contribution in [1.29, 1.82) is 0 Å². The van der Waals surface area contributed by atoms with Crippen molar-refractivity contribution < 1.29 is 4.79 Å². The van der Waals surface area contributed by atoms with Crippen LogP contribution in [0.5, 0.6) is 0 Å². The van der Waals surface area contributed by atoms with Crippen LogP contribution in [-0.2, 0) is 4.79 Å². The SMILES string of the molecule is Cc1ccccc1-n1c(S[C@@H](C)C(=O)Nc2ccc(Br)cc2)nnc1-c1ccncc1. The number of rotatable bonds is 6. The zero-order valence-electron chi connectivity index (χ0n) is 17.0. The van der Waals surface area contributed by atoms with E-state index in [1.165, 1.54) is 11.8 Å². The van der Waals surface area contributed by atoms with Gasteiger partial charge >= 0.3 is 0 Å². The Balaban J connectivity index is 1.65. The number of nitrogens with zero attached hydrogens (tertiary/aromatic N) is 4. The lowest BCUT2D eigenvalue weighted by molar-refractivity contribution is -0.115. The van der Waals surface area contributed by atoms with E-state index >= 15 is 0 Å². The second kappa shape index (κ2) is 9.45. The first-order valence-corrected chi connectivity index (χ1v) is 11.3. The predicted molar refractivity (Wildman–Crippen MR) is 127 cm³/mol. The molecule has 0 fully saturated rings. The van der Waals surface area contributed by atoms with Crippen LogP contribution in [0.1, 0.15) is 12.5 Å². The number of aromatic nitrogens is 4. The number of nitrogens with one attached hydrogen (secondary N) is 1. The van der Waals surface area contributed by atoms with Crippen LogP contribution in [0, 0.1) is 6.92 Å². The standard InChI is InChI=1S/C23H20BrN5OS/c1-15-5-3-4-6-20(15)29-21(17-11-13-25-14-12-17)27-28-23(29)31-16(2)22(30)26-19-9-7-18(24)8-10-19/h3-14,16H,1-2H3,(H,26,30)/t16-/m0/s1. The highest BCUT2D eigenvalue weighted by atomic mass is 79.9. The molecule has 0 saturated heterocycles. The molecular formula is C23H20BrN5OS. The van der Waals surface area contributed by atoms with Gasteiger partial charge in [0.1, 0.15) is 0 Å². The van der Waals surface area contributed by atoms with Crippen molar-refractivity contribution in [3.8, 4) is 17.1 Å². The third-order valence-electron chi connectivity index (χ3n) is 4.69. The second-order valence-corrected chi connectivity index (χ2v) is 9.14. The minimum atomic E-state index is -0.374. The number of hydrogen-bond acceptors (Lipinski definition) is 5. The molecule has 31 heavy (non-hydrogen) atoms. The third-order valence-corrected chi connectivity index (χ3v) is 6.26. The van der Waals surface area contributed by atoms with Gasteiger partial charge in [0, 0.05) is 28.1 Å². The summed E-state index contributed by atoms with van der Waals surface area (Å²) in [5, 5.41) is 12.1. The van der Waals surface area contributed by atoms with Crippen LogP contribution >= 0.6 is 27.7 Å². The van der Waals surface area contributed by atoms with E-state index in [-0.39, 0.29) is 11.2 Å². The Bertz CT molecular complexity index is 1190. The van der Waals surface area contributed by atoms with Gasteiger partial charge in [-0.05, 0) is 61.9 Å². The van der Waals surface area contributed by atoms with Gasteiger partial charge in [0.15, 0.2) is 11.0 Å². The van der Waals surface area contributed by atoms with Gasteiger partial charge in [-0.1, -0.05) is 45.9 Å². The van der Waals surface area contributed by atoms with Crippen LogP contribution in [0.4, 0.5) is 5.69 Å². The van der Waals surface area contributed by atoms with Gasteiger partial charge < -0.3 is 5.32 Å². The first-order chi connectivity index (χ1) is 15.0. The van der Waals surface area contributed by atoms with Gasteiger partial charge in [0.25, 0.3) is 0 Å². The summed E-state index contributed by atoms with van der Waals surface area (Å²) < 4.78 is 2.96. The van der Waals surface area contributed by atoms with Gasteiger partial charge in [0.05, 0.1) is 10.9 Å². The molecule has 2 aromatic carbocycles. The lowest BCUT2D eigenvalue weighted by Crippen LogP contribution is -2.22. The monoisotopic (exact) mass is 493 g/mol. The summed E-state index contributed by atoms with van der Waals surface area (Å²) in [5.41, 5.74) is 3.72. The van der Waals surface area contributed by atoms with Crippen LogP contribution in [0.25, 0.3) is 17.1 Å². The maximum atomic E-state index is 12.8. The molecule has 0 unspecified atom stereocenters. The summed E-state index contributed by atoms with van der Waals surface area (Å²) in [6.07, 6.45) is 3.46. The number of benzene rings is 2. The van der Waals surface area contributed by atoms with Crippen molar-refractivity contribution in [1.82, 2.24) is 19.7 Å². The van der Waals surface area contributed by atoms with E-state index in [0.29, 0.717) is 11.0 Å². The number of para-hydroxylation sites is 1.